The molecule has 1 fully saturated rings. The zero-order valence-electron chi connectivity index (χ0n) is 12.6. The summed E-state index contributed by atoms with van der Waals surface area (Å²) in [7, 11) is 0. The number of halogens is 1. The second kappa shape index (κ2) is 6.01. The van der Waals surface area contributed by atoms with Gasteiger partial charge in [0, 0.05) is 35.6 Å². The molecule has 1 aliphatic carbocycles. The van der Waals surface area contributed by atoms with Crippen LogP contribution in [-0.2, 0) is 0 Å². The average molecular weight is 341 g/mol. The quantitative estimate of drug-likeness (QED) is 0.789. The minimum atomic E-state index is -0.364. The number of carbonyl (C=O) groups is 1. The maximum Gasteiger partial charge on any atom is 0.275 e. The highest BCUT2D eigenvalue weighted by Gasteiger charge is 2.28. The van der Waals surface area contributed by atoms with Crippen LogP contribution in [0.4, 0.5) is 5.82 Å². The molecule has 0 bridgehead atoms. The molecular formula is C16H13ClN6O. The predicted octanol–water partition coefficient (Wildman–Crippen LogP) is 2.84. The Bertz CT molecular complexity index is 891. The van der Waals surface area contributed by atoms with Crippen LogP contribution in [-0.4, -0.2) is 30.6 Å². The first-order valence-corrected chi connectivity index (χ1v) is 7.89. The number of aromatic nitrogens is 5. The smallest absolute Gasteiger partial charge is 0.275 e. The molecule has 7 nitrogen and oxygen atoms in total. The van der Waals surface area contributed by atoms with E-state index in [-0.39, 0.29) is 11.6 Å². The van der Waals surface area contributed by atoms with Crippen LogP contribution in [0.15, 0.2) is 42.9 Å². The number of rotatable bonds is 4. The van der Waals surface area contributed by atoms with Gasteiger partial charge >= 0.3 is 0 Å². The van der Waals surface area contributed by atoms with Crippen LogP contribution >= 0.6 is 11.6 Å². The zero-order valence-corrected chi connectivity index (χ0v) is 13.3. The molecule has 0 aromatic carbocycles. The summed E-state index contributed by atoms with van der Waals surface area (Å²) in [5.74, 6) is 0.987. The van der Waals surface area contributed by atoms with Crippen molar-refractivity contribution in [2.45, 2.75) is 18.8 Å². The Hall–Kier alpha value is -2.80. The summed E-state index contributed by atoms with van der Waals surface area (Å²) in [4.78, 5) is 24.9. The summed E-state index contributed by atoms with van der Waals surface area (Å²) in [6, 6.07) is 6.71. The van der Waals surface area contributed by atoms with Gasteiger partial charge in [0.1, 0.15) is 11.5 Å². The lowest BCUT2D eigenvalue weighted by molar-refractivity contribution is 0.102. The van der Waals surface area contributed by atoms with Crippen LogP contribution in [0.1, 0.15) is 34.9 Å². The Labute approximate surface area is 142 Å². The minimum Gasteiger partial charge on any atom is -0.305 e. The Morgan fingerprint density at radius 3 is 2.67 bits per heavy atom. The molecular weight excluding hydrogens is 328 g/mol. The van der Waals surface area contributed by atoms with Gasteiger partial charge in [-0.05, 0) is 31.0 Å². The molecule has 3 aromatic heterocycles. The number of pyridine rings is 1. The molecule has 24 heavy (non-hydrogen) atoms. The second-order valence-electron chi connectivity index (χ2n) is 5.50. The summed E-state index contributed by atoms with van der Waals surface area (Å²) in [6.07, 6.45) is 6.96. The van der Waals surface area contributed by atoms with Gasteiger partial charge in [0.05, 0.1) is 5.69 Å². The van der Waals surface area contributed by atoms with Gasteiger partial charge < -0.3 is 5.32 Å². The summed E-state index contributed by atoms with van der Waals surface area (Å²) in [6.45, 7) is 0. The van der Waals surface area contributed by atoms with Gasteiger partial charge in [-0.15, -0.1) is 0 Å². The van der Waals surface area contributed by atoms with Crippen molar-refractivity contribution in [3.05, 3.63) is 59.3 Å². The number of anilines is 1. The maximum absolute atomic E-state index is 12.4. The third kappa shape index (κ3) is 2.98. The van der Waals surface area contributed by atoms with E-state index in [1.165, 1.54) is 16.9 Å². The Kier molecular flexibility index (Phi) is 3.70. The lowest BCUT2D eigenvalue weighted by Crippen LogP contribution is -2.17. The summed E-state index contributed by atoms with van der Waals surface area (Å²) in [5.41, 5.74) is 1.16. The third-order valence-electron chi connectivity index (χ3n) is 3.66. The van der Waals surface area contributed by atoms with Crippen molar-refractivity contribution >= 4 is 23.3 Å². The van der Waals surface area contributed by atoms with Crippen molar-refractivity contribution in [2.24, 2.45) is 0 Å². The van der Waals surface area contributed by atoms with Gasteiger partial charge in [0.2, 0.25) is 0 Å². The number of carbonyl (C=O) groups excluding carboxylic acids is 1. The number of nitrogens with one attached hydrogen (secondary N) is 1. The van der Waals surface area contributed by atoms with Crippen molar-refractivity contribution in [1.29, 1.82) is 0 Å². The van der Waals surface area contributed by atoms with E-state index in [4.69, 9.17) is 11.6 Å². The fraction of sp³-hybridized carbons (Fsp3) is 0.188. The Morgan fingerprint density at radius 1 is 1.17 bits per heavy atom. The van der Waals surface area contributed by atoms with E-state index in [1.54, 1.807) is 24.5 Å². The van der Waals surface area contributed by atoms with E-state index in [2.05, 4.69) is 25.4 Å². The molecule has 1 saturated carbocycles. The molecule has 1 N–H and O–H groups in total. The highest BCUT2D eigenvalue weighted by atomic mass is 35.5. The molecule has 0 radical (unpaired) electrons. The summed E-state index contributed by atoms with van der Waals surface area (Å²) >= 11 is 5.92. The molecule has 3 heterocycles. The fourth-order valence-electron chi connectivity index (χ4n) is 2.33. The van der Waals surface area contributed by atoms with Gasteiger partial charge in [0.25, 0.3) is 11.9 Å². The maximum atomic E-state index is 12.4. The number of nitrogens with zero attached hydrogens (tertiary/aromatic N) is 5. The van der Waals surface area contributed by atoms with Crippen molar-refractivity contribution in [1.82, 2.24) is 24.7 Å². The normalized spacial score (nSPS) is 13.7. The van der Waals surface area contributed by atoms with Gasteiger partial charge in [0.15, 0.2) is 0 Å². The van der Waals surface area contributed by atoms with E-state index in [0.717, 1.165) is 18.5 Å². The van der Waals surface area contributed by atoms with E-state index < -0.39 is 0 Å². The van der Waals surface area contributed by atoms with Gasteiger partial charge in [-0.2, -0.15) is 9.78 Å². The minimum absolute atomic E-state index is 0.234. The predicted molar refractivity (Wildman–Crippen MR) is 88.3 cm³/mol. The van der Waals surface area contributed by atoms with Gasteiger partial charge in [-0.1, -0.05) is 11.6 Å². The van der Waals surface area contributed by atoms with Gasteiger partial charge in [-0.25, -0.2) is 9.97 Å². The monoisotopic (exact) mass is 340 g/mol. The van der Waals surface area contributed by atoms with E-state index in [9.17, 15) is 4.79 Å². The van der Waals surface area contributed by atoms with E-state index in [1.807, 2.05) is 6.07 Å². The SMILES string of the molecule is O=C(Nc1cc(C2CC2)nn1-c1ncccn1)c1cc(Cl)ccn1. The van der Waals surface area contributed by atoms with Crippen LogP contribution in [0.25, 0.3) is 5.95 Å². The number of amides is 1. The van der Waals surface area contributed by atoms with E-state index in [0.29, 0.717) is 22.7 Å². The van der Waals surface area contributed by atoms with Crippen LogP contribution < -0.4 is 5.32 Å². The molecule has 1 aliphatic rings. The zero-order chi connectivity index (χ0) is 16.5. The van der Waals surface area contributed by atoms with E-state index >= 15 is 0 Å². The molecule has 0 atom stereocenters. The number of hydrogen-bond acceptors (Lipinski definition) is 5. The first-order chi connectivity index (χ1) is 11.7. The first kappa shape index (κ1) is 14.8. The highest BCUT2D eigenvalue weighted by molar-refractivity contribution is 6.30. The summed E-state index contributed by atoms with van der Waals surface area (Å²) in [5, 5.41) is 7.81. The second-order valence-corrected chi connectivity index (χ2v) is 5.94. The molecule has 1 amide bonds. The Morgan fingerprint density at radius 2 is 1.96 bits per heavy atom. The van der Waals surface area contributed by atoms with Crippen molar-refractivity contribution < 1.29 is 4.79 Å². The van der Waals surface area contributed by atoms with Crippen molar-refractivity contribution in [2.75, 3.05) is 5.32 Å². The Balaban J connectivity index is 1.68. The summed E-state index contributed by atoms with van der Waals surface area (Å²) < 4.78 is 1.54. The molecule has 8 heteroatoms. The topological polar surface area (TPSA) is 85.6 Å². The van der Waals surface area contributed by atoms with Crippen molar-refractivity contribution in [3.63, 3.8) is 0 Å². The fourth-order valence-corrected chi connectivity index (χ4v) is 2.49. The average Bonchev–Trinajstić information content (AvgIpc) is 3.37. The number of hydrogen-bond donors (Lipinski definition) is 1. The van der Waals surface area contributed by atoms with Gasteiger partial charge in [-0.3, -0.25) is 9.78 Å². The third-order valence-corrected chi connectivity index (χ3v) is 3.90. The molecule has 3 aromatic rings. The van der Waals surface area contributed by atoms with Crippen molar-refractivity contribution in [3.8, 4) is 5.95 Å². The molecule has 4 rings (SSSR count). The standard InChI is InChI=1S/C16H13ClN6O/c17-11-4-7-18-13(8-11)15(24)21-14-9-12(10-2-3-10)22-23(14)16-19-5-1-6-20-16/h1,4-10H,2-3H2,(H,21,24). The largest absolute Gasteiger partial charge is 0.305 e. The molecule has 0 spiro atoms. The first-order valence-electron chi connectivity index (χ1n) is 7.51. The molecule has 0 saturated heterocycles. The molecule has 0 aliphatic heterocycles. The van der Waals surface area contributed by atoms with Crippen LogP contribution in [0.3, 0.4) is 0 Å². The lowest BCUT2D eigenvalue weighted by atomic mass is 10.3. The molecule has 0 unspecified atom stereocenters. The van der Waals surface area contributed by atoms with Crippen LogP contribution in [0, 0.1) is 0 Å². The van der Waals surface area contributed by atoms with Crippen LogP contribution in [0.2, 0.25) is 5.02 Å². The molecule has 120 valence electrons. The lowest BCUT2D eigenvalue weighted by Gasteiger charge is -2.07. The van der Waals surface area contributed by atoms with Crippen LogP contribution in [0.5, 0.6) is 0 Å². The highest BCUT2D eigenvalue weighted by Crippen LogP contribution is 2.40.